The molecule has 0 N–H and O–H groups in total. The summed E-state index contributed by atoms with van der Waals surface area (Å²) in [5.41, 5.74) is 0. The van der Waals surface area contributed by atoms with E-state index in [0.29, 0.717) is 0 Å². The zero-order chi connectivity index (χ0) is 14.1. The molecule has 0 spiro atoms. The molecule has 2 rings (SSSR count). The van der Waals surface area contributed by atoms with Crippen molar-refractivity contribution in [2.45, 2.75) is 53.4 Å². The number of rotatable bonds is 0. The second-order valence-electron chi connectivity index (χ2n) is 3.87. The highest BCUT2D eigenvalue weighted by atomic mass is 15.1. The Balaban J connectivity index is 0. The molecule has 0 saturated carbocycles. The van der Waals surface area contributed by atoms with Crippen LogP contribution in [0.15, 0.2) is 36.4 Å². The summed E-state index contributed by atoms with van der Waals surface area (Å²) in [5, 5.41) is 0. The van der Waals surface area contributed by atoms with Crippen molar-refractivity contribution in [2.24, 2.45) is 0 Å². The fourth-order valence-electron chi connectivity index (χ4n) is 1.61. The van der Waals surface area contributed by atoms with Crippen LogP contribution in [0.3, 0.4) is 0 Å². The minimum Gasteiger partial charge on any atom is -0.306 e. The molecule has 0 amide bonds. The summed E-state index contributed by atoms with van der Waals surface area (Å²) in [6.07, 6.45) is 5.72. The van der Waals surface area contributed by atoms with Crippen LogP contribution in [-0.2, 0) is 0 Å². The van der Waals surface area contributed by atoms with Crippen LogP contribution >= 0.6 is 0 Å². The predicted molar refractivity (Wildman–Crippen MR) is 85.1 cm³/mol. The first kappa shape index (κ1) is 19.5. The van der Waals surface area contributed by atoms with Gasteiger partial charge < -0.3 is 4.90 Å². The summed E-state index contributed by atoms with van der Waals surface area (Å²) in [5.74, 6) is 0. The summed E-state index contributed by atoms with van der Waals surface area (Å²) < 4.78 is 0. The van der Waals surface area contributed by atoms with Crippen LogP contribution in [-0.4, -0.2) is 25.0 Å². The van der Waals surface area contributed by atoms with Crippen LogP contribution in [0.5, 0.6) is 0 Å². The van der Waals surface area contributed by atoms with Crippen LogP contribution in [0.2, 0.25) is 0 Å². The molecular formula is C17H33N. The van der Waals surface area contributed by atoms with E-state index in [-0.39, 0.29) is 0 Å². The van der Waals surface area contributed by atoms with E-state index in [1.165, 1.54) is 38.8 Å². The molecule has 0 aliphatic carbocycles. The van der Waals surface area contributed by atoms with E-state index < -0.39 is 0 Å². The Labute approximate surface area is 115 Å². The van der Waals surface area contributed by atoms with Gasteiger partial charge in [0.15, 0.2) is 0 Å². The van der Waals surface area contributed by atoms with Crippen molar-refractivity contribution in [1.29, 1.82) is 0 Å². The fourth-order valence-corrected chi connectivity index (χ4v) is 1.61. The Morgan fingerprint density at radius 2 is 0.833 bits per heavy atom. The molecule has 1 heteroatoms. The van der Waals surface area contributed by atoms with Gasteiger partial charge in [-0.25, -0.2) is 0 Å². The number of benzene rings is 1. The summed E-state index contributed by atoms with van der Waals surface area (Å²) >= 11 is 0. The molecule has 0 aromatic heterocycles. The molecule has 0 bridgehead atoms. The van der Waals surface area contributed by atoms with Crippen molar-refractivity contribution in [3.63, 3.8) is 0 Å². The van der Waals surface area contributed by atoms with E-state index in [2.05, 4.69) is 11.9 Å². The van der Waals surface area contributed by atoms with Crippen molar-refractivity contribution in [3.05, 3.63) is 36.4 Å². The van der Waals surface area contributed by atoms with Crippen molar-refractivity contribution in [3.8, 4) is 0 Å². The van der Waals surface area contributed by atoms with Gasteiger partial charge in [0.1, 0.15) is 0 Å². The lowest BCUT2D eigenvalue weighted by Crippen LogP contribution is -2.18. The van der Waals surface area contributed by atoms with Crippen LogP contribution in [0.1, 0.15) is 53.4 Å². The van der Waals surface area contributed by atoms with Crippen LogP contribution in [0, 0.1) is 0 Å². The van der Waals surface area contributed by atoms with Gasteiger partial charge >= 0.3 is 0 Å². The molecule has 1 aliphatic rings. The van der Waals surface area contributed by atoms with Gasteiger partial charge in [0.25, 0.3) is 0 Å². The average molecular weight is 251 g/mol. The van der Waals surface area contributed by atoms with Crippen molar-refractivity contribution >= 4 is 0 Å². The maximum Gasteiger partial charge on any atom is -0.00218 e. The zero-order valence-corrected chi connectivity index (χ0v) is 13.2. The predicted octanol–water partition coefficient (Wildman–Crippen LogP) is 5.23. The Hall–Kier alpha value is -0.820. The molecule has 0 radical (unpaired) electrons. The van der Waals surface area contributed by atoms with Gasteiger partial charge in [-0.1, -0.05) is 76.9 Å². The maximum absolute atomic E-state index is 2.42. The Bertz CT molecular complexity index is 173. The molecule has 1 nitrogen and oxygen atoms in total. The van der Waals surface area contributed by atoms with Crippen molar-refractivity contribution < 1.29 is 0 Å². The molecule has 106 valence electrons. The van der Waals surface area contributed by atoms with E-state index in [0.717, 1.165) is 0 Å². The van der Waals surface area contributed by atoms with Gasteiger partial charge in [0.05, 0.1) is 0 Å². The highest BCUT2D eigenvalue weighted by Crippen LogP contribution is 2.06. The molecule has 0 atom stereocenters. The van der Waals surface area contributed by atoms with Gasteiger partial charge in [-0.3, -0.25) is 0 Å². The number of hydrogen-bond donors (Lipinski definition) is 0. The second kappa shape index (κ2) is 18.5. The quantitative estimate of drug-likeness (QED) is 0.610. The van der Waals surface area contributed by atoms with Crippen molar-refractivity contribution in [2.75, 3.05) is 20.1 Å². The Morgan fingerprint density at radius 1 is 0.556 bits per heavy atom. The highest BCUT2D eigenvalue weighted by Gasteiger charge is 2.01. The molecule has 1 aromatic carbocycles. The lowest BCUT2D eigenvalue weighted by Gasteiger charge is -2.10. The fraction of sp³-hybridized carbons (Fsp3) is 0.647. The van der Waals surface area contributed by atoms with Gasteiger partial charge in [-0.15, -0.1) is 0 Å². The SMILES string of the molecule is CC.CC.CN1CCCCCC1.c1ccccc1. The third-order valence-corrected chi connectivity index (χ3v) is 2.50. The summed E-state index contributed by atoms with van der Waals surface area (Å²) in [6.45, 7) is 10.6. The summed E-state index contributed by atoms with van der Waals surface area (Å²) in [6, 6.07) is 12.0. The van der Waals surface area contributed by atoms with Crippen LogP contribution in [0.4, 0.5) is 0 Å². The minimum atomic E-state index is 1.32. The van der Waals surface area contributed by atoms with Gasteiger partial charge in [0, 0.05) is 0 Å². The molecule has 1 fully saturated rings. The van der Waals surface area contributed by atoms with Crippen LogP contribution in [0.25, 0.3) is 0 Å². The Morgan fingerprint density at radius 3 is 1.11 bits per heavy atom. The average Bonchev–Trinajstić information content (AvgIpc) is 2.73. The molecule has 1 aliphatic heterocycles. The smallest absolute Gasteiger partial charge is 0.00218 e. The van der Waals surface area contributed by atoms with Gasteiger partial charge in [-0.05, 0) is 33.0 Å². The largest absolute Gasteiger partial charge is 0.306 e. The zero-order valence-electron chi connectivity index (χ0n) is 13.2. The topological polar surface area (TPSA) is 3.24 Å². The van der Waals surface area contributed by atoms with Gasteiger partial charge in [0.2, 0.25) is 0 Å². The monoisotopic (exact) mass is 251 g/mol. The molecule has 1 aromatic rings. The molecule has 0 unspecified atom stereocenters. The second-order valence-corrected chi connectivity index (χ2v) is 3.87. The van der Waals surface area contributed by atoms with Gasteiger partial charge in [-0.2, -0.15) is 0 Å². The molecular weight excluding hydrogens is 218 g/mol. The standard InChI is InChI=1S/C7H15N.C6H6.2C2H6/c1-8-6-4-2-3-5-7-8;1-2-4-6-5-3-1;2*1-2/h2-7H2,1H3;1-6H;2*1-2H3. The maximum atomic E-state index is 2.42. The van der Waals surface area contributed by atoms with E-state index in [4.69, 9.17) is 0 Å². The molecule has 1 saturated heterocycles. The first-order valence-corrected chi connectivity index (χ1v) is 7.58. The number of hydrogen-bond acceptors (Lipinski definition) is 1. The van der Waals surface area contributed by atoms with E-state index in [1.54, 1.807) is 0 Å². The van der Waals surface area contributed by atoms with E-state index in [9.17, 15) is 0 Å². The molecule has 18 heavy (non-hydrogen) atoms. The Kier molecular flexibility index (Phi) is 20.1. The molecule has 1 heterocycles. The third-order valence-electron chi connectivity index (χ3n) is 2.50. The van der Waals surface area contributed by atoms with E-state index >= 15 is 0 Å². The van der Waals surface area contributed by atoms with Crippen molar-refractivity contribution in [1.82, 2.24) is 4.90 Å². The highest BCUT2D eigenvalue weighted by molar-refractivity contribution is 4.99. The number of likely N-dealkylation sites (tertiary alicyclic amines) is 1. The summed E-state index contributed by atoms with van der Waals surface area (Å²) in [4.78, 5) is 2.42. The summed E-state index contributed by atoms with van der Waals surface area (Å²) in [7, 11) is 2.21. The minimum absolute atomic E-state index is 1.32. The lowest BCUT2D eigenvalue weighted by molar-refractivity contribution is 0.349. The lowest BCUT2D eigenvalue weighted by atomic mass is 10.2. The van der Waals surface area contributed by atoms with E-state index in [1.807, 2.05) is 64.1 Å². The first-order valence-electron chi connectivity index (χ1n) is 7.58. The third kappa shape index (κ3) is 15.2. The van der Waals surface area contributed by atoms with Crippen LogP contribution < -0.4 is 0 Å². The normalized spacial score (nSPS) is 14.5. The number of nitrogens with zero attached hydrogens (tertiary/aromatic N) is 1. The first-order chi connectivity index (χ1) is 8.89.